The van der Waals surface area contributed by atoms with Gasteiger partial charge in [-0.25, -0.2) is 0 Å². The summed E-state index contributed by atoms with van der Waals surface area (Å²) in [5, 5.41) is 9.44. The lowest BCUT2D eigenvalue weighted by molar-refractivity contribution is -0.129. The molecule has 0 unspecified atom stereocenters. The fraction of sp³-hybridized carbons (Fsp3) is 0.278. The summed E-state index contributed by atoms with van der Waals surface area (Å²) in [5.74, 6) is 0.420. The maximum absolute atomic E-state index is 12.1. The third-order valence-electron chi connectivity index (χ3n) is 3.61. The number of likely N-dealkylation sites (N-methyl/N-ethyl adjacent to an activating group) is 1. The molecule has 0 saturated heterocycles. The van der Waals surface area contributed by atoms with Gasteiger partial charge < -0.3 is 10.0 Å². The zero-order valence-electron chi connectivity index (χ0n) is 12.6. The second-order valence-corrected chi connectivity index (χ2v) is 6.61. The van der Waals surface area contributed by atoms with E-state index in [0.717, 1.165) is 18.4 Å². The Morgan fingerprint density at radius 3 is 2.50 bits per heavy atom. The summed E-state index contributed by atoms with van der Waals surface area (Å²) in [6.45, 7) is 0.662. The Morgan fingerprint density at radius 2 is 1.82 bits per heavy atom. The molecular formula is C18H20INO2. The van der Waals surface area contributed by atoms with E-state index in [2.05, 4.69) is 46.9 Å². The van der Waals surface area contributed by atoms with Crippen LogP contribution in [0.25, 0.3) is 0 Å². The van der Waals surface area contributed by atoms with Gasteiger partial charge in [-0.15, -0.1) is 0 Å². The Bertz CT molecular complexity index is 625. The molecule has 0 saturated carbocycles. The lowest BCUT2D eigenvalue weighted by Gasteiger charge is -2.17. The Labute approximate surface area is 145 Å². The largest absolute Gasteiger partial charge is 0.508 e. The summed E-state index contributed by atoms with van der Waals surface area (Å²) in [7, 11) is 1.83. The highest BCUT2D eigenvalue weighted by molar-refractivity contribution is 14.1. The minimum atomic E-state index is 0.152. The zero-order chi connectivity index (χ0) is 15.9. The summed E-state index contributed by atoms with van der Waals surface area (Å²) in [6, 6.07) is 15.4. The summed E-state index contributed by atoms with van der Waals surface area (Å²) >= 11 is 2.27. The van der Waals surface area contributed by atoms with E-state index in [-0.39, 0.29) is 11.7 Å². The molecular weight excluding hydrogens is 389 g/mol. The van der Waals surface area contributed by atoms with Gasteiger partial charge in [-0.2, -0.15) is 0 Å². The van der Waals surface area contributed by atoms with Gasteiger partial charge in [-0.05, 0) is 70.8 Å². The van der Waals surface area contributed by atoms with E-state index < -0.39 is 0 Å². The molecule has 1 N–H and O–H groups in total. The number of phenols is 1. The predicted octanol–water partition coefficient (Wildman–Crippen LogP) is 3.63. The van der Waals surface area contributed by atoms with Crippen LogP contribution in [0.5, 0.6) is 5.75 Å². The van der Waals surface area contributed by atoms with Crippen LogP contribution >= 0.6 is 22.6 Å². The van der Waals surface area contributed by atoms with Crippen molar-refractivity contribution in [3.05, 3.63) is 63.2 Å². The van der Waals surface area contributed by atoms with Crippen LogP contribution in [-0.2, 0) is 17.6 Å². The van der Waals surface area contributed by atoms with E-state index in [4.69, 9.17) is 0 Å². The van der Waals surface area contributed by atoms with Crippen molar-refractivity contribution in [2.45, 2.75) is 19.3 Å². The van der Waals surface area contributed by atoms with E-state index in [9.17, 15) is 9.90 Å². The Balaban J connectivity index is 1.78. The van der Waals surface area contributed by atoms with Crippen LogP contribution in [0.4, 0.5) is 0 Å². The third kappa shape index (κ3) is 5.33. The number of hydrogen-bond donors (Lipinski definition) is 1. The highest BCUT2D eigenvalue weighted by Crippen LogP contribution is 2.12. The minimum absolute atomic E-state index is 0.152. The molecule has 0 fully saturated rings. The molecule has 0 bridgehead atoms. The number of carbonyl (C=O) groups excluding carboxylic acids is 1. The zero-order valence-corrected chi connectivity index (χ0v) is 14.8. The van der Waals surface area contributed by atoms with Crippen LogP contribution in [0.2, 0.25) is 0 Å². The maximum Gasteiger partial charge on any atom is 0.222 e. The van der Waals surface area contributed by atoms with Gasteiger partial charge >= 0.3 is 0 Å². The highest BCUT2D eigenvalue weighted by atomic mass is 127. The summed E-state index contributed by atoms with van der Waals surface area (Å²) in [6.07, 6.45) is 2.05. The molecule has 0 aromatic heterocycles. The number of aromatic hydroxyl groups is 1. The molecule has 0 spiro atoms. The second-order valence-electron chi connectivity index (χ2n) is 5.36. The van der Waals surface area contributed by atoms with Gasteiger partial charge in [0.25, 0.3) is 0 Å². The maximum atomic E-state index is 12.1. The van der Waals surface area contributed by atoms with Crippen molar-refractivity contribution in [1.29, 1.82) is 0 Å². The van der Waals surface area contributed by atoms with Crippen LogP contribution in [-0.4, -0.2) is 29.5 Å². The van der Waals surface area contributed by atoms with E-state index in [1.165, 1.54) is 9.13 Å². The van der Waals surface area contributed by atoms with E-state index >= 15 is 0 Å². The summed E-state index contributed by atoms with van der Waals surface area (Å²) < 4.78 is 1.20. The molecule has 0 aliphatic heterocycles. The van der Waals surface area contributed by atoms with Crippen molar-refractivity contribution in [3.63, 3.8) is 0 Å². The van der Waals surface area contributed by atoms with Gasteiger partial charge in [0.15, 0.2) is 0 Å². The van der Waals surface area contributed by atoms with E-state index in [0.29, 0.717) is 13.0 Å². The van der Waals surface area contributed by atoms with Crippen LogP contribution in [0.1, 0.15) is 17.5 Å². The summed E-state index contributed by atoms with van der Waals surface area (Å²) in [5.41, 5.74) is 2.23. The number of nitrogens with zero attached hydrogens (tertiary/aromatic N) is 1. The van der Waals surface area contributed by atoms with Crippen LogP contribution in [0.15, 0.2) is 48.5 Å². The monoisotopic (exact) mass is 409 g/mol. The fourth-order valence-corrected chi connectivity index (χ4v) is 2.59. The molecule has 0 aliphatic carbocycles. The average Bonchev–Trinajstić information content (AvgIpc) is 2.52. The van der Waals surface area contributed by atoms with Gasteiger partial charge in [-0.3, -0.25) is 4.79 Å². The Morgan fingerprint density at radius 1 is 1.09 bits per heavy atom. The molecule has 2 rings (SSSR count). The van der Waals surface area contributed by atoms with Gasteiger partial charge in [0, 0.05) is 23.6 Å². The van der Waals surface area contributed by atoms with Crippen LogP contribution in [0, 0.1) is 3.57 Å². The molecule has 4 heteroatoms. The number of carbonyl (C=O) groups is 1. The molecule has 0 aliphatic rings. The number of benzene rings is 2. The van der Waals surface area contributed by atoms with Crippen molar-refractivity contribution in [1.82, 2.24) is 4.90 Å². The second kappa shape index (κ2) is 8.17. The lowest BCUT2D eigenvalue weighted by atomic mass is 10.1. The summed E-state index contributed by atoms with van der Waals surface area (Å²) in [4.78, 5) is 13.9. The molecule has 2 aromatic carbocycles. The van der Waals surface area contributed by atoms with Crippen molar-refractivity contribution >= 4 is 28.5 Å². The number of hydrogen-bond acceptors (Lipinski definition) is 2. The molecule has 2 aromatic rings. The van der Waals surface area contributed by atoms with Crippen LogP contribution in [0.3, 0.4) is 0 Å². The lowest BCUT2D eigenvalue weighted by Crippen LogP contribution is -2.29. The SMILES string of the molecule is CN(CCc1cccc(O)c1)C(=O)CCc1ccc(I)cc1. The molecule has 1 amide bonds. The van der Waals surface area contributed by atoms with E-state index in [1.54, 1.807) is 17.0 Å². The van der Waals surface area contributed by atoms with Gasteiger partial charge in [0.05, 0.1) is 0 Å². The molecule has 116 valence electrons. The average molecular weight is 409 g/mol. The Kier molecular flexibility index (Phi) is 6.24. The molecule has 0 heterocycles. The molecule has 22 heavy (non-hydrogen) atoms. The molecule has 0 atom stereocenters. The van der Waals surface area contributed by atoms with Crippen molar-refractivity contribution in [3.8, 4) is 5.75 Å². The van der Waals surface area contributed by atoms with Crippen molar-refractivity contribution < 1.29 is 9.90 Å². The third-order valence-corrected chi connectivity index (χ3v) is 4.33. The van der Waals surface area contributed by atoms with Crippen molar-refractivity contribution in [2.24, 2.45) is 0 Å². The predicted molar refractivity (Wildman–Crippen MR) is 96.9 cm³/mol. The van der Waals surface area contributed by atoms with Crippen molar-refractivity contribution in [2.75, 3.05) is 13.6 Å². The van der Waals surface area contributed by atoms with E-state index in [1.807, 2.05) is 19.2 Å². The minimum Gasteiger partial charge on any atom is -0.508 e. The fourth-order valence-electron chi connectivity index (χ4n) is 2.23. The molecule has 3 nitrogen and oxygen atoms in total. The van der Waals surface area contributed by atoms with Gasteiger partial charge in [0.2, 0.25) is 5.91 Å². The normalized spacial score (nSPS) is 10.5. The first-order chi connectivity index (χ1) is 10.5. The van der Waals surface area contributed by atoms with Crippen LogP contribution < -0.4 is 0 Å². The number of rotatable bonds is 6. The number of phenolic OH excluding ortho intramolecular Hbond substituents is 1. The Hall–Kier alpha value is -1.56. The van der Waals surface area contributed by atoms with Gasteiger partial charge in [-0.1, -0.05) is 24.3 Å². The number of halogens is 1. The highest BCUT2D eigenvalue weighted by Gasteiger charge is 2.09. The first-order valence-electron chi connectivity index (χ1n) is 7.31. The smallest absolute Gasteiger partial charge is 0.222 e. The first-order valence-corrected chi connectivity index (χ1v) is 8.39. The number of amides is 1. The quantitative estimate of drug-likeness (QED) is 0.741. The van der Waals surface area contributed by atoms with Gasteiger partial charge in [0.1, 0.15) is 5.75 Å². The standard InChI is InChI=1S/C18H20INO2/c1-20(12-11-15-3-2-4-17(21)13-15)18(22)10-7-14-5-8-16(19)9-6-14/h2-6,8-9,13,21H,7,10-12H2,1H3. The number of aryl methyl sites for hydroxylation is 1. The molecule has 0 radical (unpaired) electrons. The topological polar surface area (TPSA) is 40.5 Å². The first kappa shape index (κ1) is 16.8.